The summed E-state index contributed by atoms with van der Waals surface area (Å²) >= 11 is 7.30. The van der Waals surface area contributed by atoms with E-state index >= 15 is 0 Å². The maximum absolute atomic E-state index is 13.9. The molecule has 1 amide bonds. The molecule has 1 fully saturated rings. The number of piperidine rings is 1. The van der Waals surface area contributed by atoms with Crippen LogP contribution >= 0.6 is 23.4 Å². The lowest BCUT2D eigenvalue weighted by Crippen LogP contribution is -2.39. The molecule has 0 aliphatic carbocycles. The minimum absolute atomic E-state index is 0.202. The molecule has 0 atom stereocenters. The maximum Gasteiger partial charge on any atom is 0.418 e. The molecule has 2 aromatic rings. The number of carbonyl (C=O) groups is 2. The van der Waals surface area contributed by atoms with E-state index in [2.05, 4.69) is 0 Å². The Morgan fingerprint density at radius 3 is 2.54 bits per heavy atom. The second-order valence-corrected chi connectivity index (χ2v) is 9.30. The fraction of sp³-hybridized carbons (Fsp3) is 0.360. The molecule has 1 aliphatic heterocycles. The molecule has 0 bridgehead atoms. The number of benzene rings is 2. The SMILES string of the molecule is CCOC(=O)C1CCN(C(=O)/C=C/c2ccc(Sc3cccc(OC)c3)c(Cl)c2C(F)(F)F)CC1. The van der Waals surface area contributed by atoms with Crippen molar-refractivity contribution in [1.82, 2.24) is 4.90 Å². The first kappa shape index (κ1) is 26.9. The van der Waals surface area contributed by atoms with Crippen molar-refractivity contribution in [2.24, 2.45) is 5.92 Å². The molecule has 0 N–H and O–H groups in total. The Labute approximate surface area is 211 Å². The smallest absolute Gasteiger partial charge is 0.418 e. The first-order valence-electron chi connectivity index (χ1n) is 11.0. The van der Waals surface area contributed by atoms with Crippen LogP contribution in [0.25, 0.3) is 6.08 Å². The molecule has 1 heterocycles. The Balaban J connectivity index is 1.77. The summed E-state index contributed by atoms with van der Waals surface area (Å²) in [5.41, 5.74) is -1.20. The van der Waals surface area contributed by atoms with E-state index < -0.39 is 22.7 Å². The summed E-state index contributed by atoms with van der Waals surface area (Å²) in [6.07, 6.45) is -1.57. The molecule has 0 unspecified atom stereocenters. The van der Waals surface area contributed by atoms with Crippen molar-refractivity contribution in [1.29, 1.82) is 0 Å². The zero-order valence-corrected chi connectivity index (χ0v) is 20.8. The molecule has 10 heteroatoms. The van der Waals surface area contributed by atoms with E-state index in [0.29, 0.717) is 43.2 Å². The lowest BCUT2D eigenvalue weighted by atomic mass is 9.97. The molecule has 1 aliphatic rings. The van der Waals surface area contributed by atoms with E-state index in [1.54, 1.807) is 31.2 Å². The highest BCUT2D eigenvalue weighted by Gasteiger charge is 2.37. The molecule has 0 saturated carbocycles. The van der Waals surface area contributed by atoms with Gasteiger partial charge in [0.1, 0.15) is 5.75 Å². The van der Waals surface area contributed by atoms with E-state index in [1.165, 1.54) is 24.1 Å². The number of ether oxygens (including phenoxy) is 2. The number of nitrogens with zero attached hydrogens (tertiary/aromatic N) is 1. The van der Waals surface area contributed by atoms with E-state index in [1.807, 2.05) is 0 Å². The van der Waals surface area contributed by atoms with E-state index in [9.17, 15) is 22.8 Å². The van der Waals surface area contributed by atoms with Crippen molar-refractivity contribution >= 4 is 41.3 Å². The van der Waals surface area contributed by atoms with Crippen molar-refractivity contribution in [3.05, 3.63) is 58.6 Å². The predicted molar refractivity (Wildman–Crippen MR) is 129 cm³/mol. The van der Waals surface area contributed by atoms with Crippen LogP contribution in [0, 0.1) is 5.92 Å². The van der Waals surface area contributed by atoms with Crippen molar-refractivity contribution in [3.8, 4) is 5.75 Å². The van der Waals surface area contributed by atoms with E-state index in [0.717, 1.165) is 23.9 Å². The van der Waals surface area contributed by atoms with Gasteiger partial charge in [-0.2, -0.15) is 13.2 Å². The highest BCUT2D eigenvalue weighted by molar-refractivity contribution is 7.99. The third kappa shape index (κ3) is 6.95. The van der Waals surface area contributed by atoms with Crippen molar-refractivity contribution in [2.45, 2.75) is 35.7 Å². The molecule has 3 rings (SSSR count). The van der Waals surface area contributed by atoms with Gasteiger partial charge in [0, 0.05) is 29.0 Å². The predicted octanol–water partition coefficient (Wildman–Crippen LogP) is 6.33. The number of methoxy groups -OCH3 is 1. The number of hydrogen-bond acceptors (Lipinski definition) is 5. The number of esters is 1. The van der Waals surface area contributed by atoms with Crippen LogP contribution in [0.3, 0.4) is 0 Å². The van der Waals surface area contributed by atoms with Gasteiger partial charge in [0.2, 0.25) is 5.91 Å². The lowest BCUT2D eigenvalue weighted by molar-refractivity contribution is -0.150. The topological polar surface area (TPSA) is 55.8 Å². The molecule has 1 saturated heterocycles. The first-order chi connectivity index (χ1) is 16.6. The van der Waals surface area contributed by atoms with Gasteiger partial charge in [0.25, 0.3) is 0 Å². The lowest BCUT2D eigenvalue weighted by Gasteiger charge is -2.30. The molecule has 0 aromatic heterocycles. The van der Waals surface area contributed by atoms with Gasteiger partial charge in [-0.3, -0.25) is 9.59 Å². The molecule has 2 aromatic carbocycles. The van der Waals surface area contributed by atoms with Crippen LogP contribution < -0.4 is 4.74 Å². The Morgan fingerprint density at radius 1 is 1.20 bits per heavy atom. The number of alkyl halides is 3. The molecule has 0 radical (unpaired) electrons. The highest BCUT2D eigenvalue weighted by Crippen LogP contribution is 2.44. The van der Waals surface area contributed by atoms with E-state index in [4.69, 9.17) is 21.1 Å². The quantitative estimate of drug-likeness (QED) is 0.311. The molecule has 188 valence electrons. The monoisotopic (exact) mass is 527 g/mol. The molecular weight excluding hydrogens is 503 g/mol. The fourth-order valence-electron chi connectivity index (χ4n) is 3.73. The van der Waals surface area contributed by atoms with Crippen LogP contribution in [0.15, 0.2) is 52.3 Å². The van der Waals surface area contributed by atoms with Crippen molar-refractivity contribution < 1.29 is 32.2 Å². The van der Waals surface area contributed by atoms with Crippen LogP contribution in [0.4, 0.5) is 13.2 Å². The Morgan fingerprint density at radius 2 is 1.91 bits per heavy atom. The summed E-state index contributed by atoms with van der Waals surface area (Å²) in [6.45, 7) is 2.68. The Bertz CT molecular complexity index is 1100. The van der Waals surface area contributed by atoms with Gasteiger partial charge in [0.15, 0.2) is 0 Å². The number of rotatable bonds is 7. The van der Waals surface area contributed by atoms with Crippen LogP contribution in [0.5, 0.6) is 5.75 Å². The average Bonchev–Trinajstić information content (AvgIpc) is 2.83. The van der Waals surface area contributed by atoms with Crippen LogP contribution in [0.2, 0.25) is 5.02 Å². The molecule has 0 spiro atoms. The minimum Gasteiger partial charge on any atom is -0.497 e. The number of carbonyl (C=O) groups excluding carboxylic acids is 2. The van der Waals surface area contributed by atoms with Gasteiger partial charge in [-0.1, -0.05) is 35.5 Å². The van der Waals surface area contributed by atoms with Crippen LogP contribution in [-0.2, 0) is 20.5 Å². The van der Waals surface area contributed by atoms with Gasteiger partial charge in [0.05, 0.1) is 30.2 Å². The summed E-state index contributed by atoms with van der Waals surface area (Å²) in [5, 5.41) is -0.435. The van der Waals surface area contributed by atoms with Gasteiger partial charge in [-0.15, -0.1) is 0 Å². The summed E-state index contributed by atoms with van der Waals surface area (Å²) in [6, 6.07) is 9.71. The third-order valence-corrected chi connectivity index (χ3v) is 7.08. The minimum atomic E-state index is -4.72. The van der Waals surface area contributed by atoms with Crippen molar-refractivity contribution in [3.63, 3.8) is 0 Å². The number of halogens is 4. The zero-order chi connectivity index (χ0) is 25.6. The largest absolute Gasteiger partial charge is 0.497 e. The van der Waals surface area contributed by atoms with Gasteiger partial charge in [-0.05, 0) is 55.7 Å². The Kier molecular flexibility index (Phi) is 9.13. The average molecular weight is 528 g/mol. The number of likely N-dealkylation sites (tertiary alicyclic amines) is 1. The number of hydrogen-bond donors (Lipinski definition) is 0. The molecule has 35 heavy (non-hydrogen) atoms. The van der Waals surface area contributed by atoms with Gasteiger partial charge >= 0.3 is 12.1 Å². The van der Waals surface area contributed by atoms with Gasteiger partial charge in [-0.25, -0.2) is 0 Å². The molecule has 5 nitrogen and oxygen atoms in total. The normalized spacial score (nSPS) is 14.9. The summed E-state index contributed by atoms with van der Waals surface area (Å²) in [4.78, 5) is 26.8. The maximum atomic E-state index is 13.9. The van der Waals surface area contributed by atoms with Gasteiger partial charge < -0.3 is 14.4 Å². The standard InChI is InChI=1S/C25H25ClF3NO4S/c1-3-34-24(32)17-11-13-30(14-12-17)21(31)10-8-16-7-9-20(23(26)22(16)25(27,28)29)35-19-6-4-5-18(15-19)33-2/h4-10,15,17H,3,11-14H2,1-2H3/b10-8+. The summed E-state index contributed by atoms with van der Waals surface area (Å²) < 4.78 is 51.9. The third-order valence-electron chi connectivity index (χ3n) is 5.52. The second-order valence-electron chi connectivity index (χ2n) is 7.81. The fourth-order valence-corrected chi connectivity index (χ4v) is 5.03. The Hall–Kier alpha value is -2.65. The van der Waals surface area contributed by atoms with Crippen LogP contribution in [-0.4, -0.2) is 43.6 Å². The zero-order valence-electron chi connectivity index (χ0n) is 19.2. The number of amides is 1. The van der Waals surface area contributed by atoms with Crippen LogP contribution in [0.1, 0.15) is 30.9 Å². The summed E-state index contributed by atoms with van der Waals surface area (Å²) in [5.74, 6) is -0.405. The van der Waals surface area contributed by atoms with E-state index in [-0.39, 0.29) is 22.3 Å². The molecular formula is C25H25ClF3NO4S. The summed E-state index contributed by atoms with van der Waals surface area (Å²) in [7, 11) is 1.50. The first-order valence-corrected chi connectivity index (χ1v) is 12.2. The second kappa shape index (κ2) is 11.9. The van der Waals surface area contributed by atoms with Crippen molar-refractivity contribution in [2.75, 3.05) is 26.8 Å². The highest BCUT2D eigenvalue weighted by atomic mass is 35.5.